The Morgan fingerprint density at radius 3 is 2.77 bits per heavy atom. The van der Waals surface area contributed by atoms with Gasteiger partial charge in [-0.2, -0.15) is 0 Å². The maximum Gasteiger partial charge on any atom is 0.342 e. The van der Waals surface area contributed by atoms with Gasteiger partial charge in [-0.3, -0.25) is 4.79 Å². The standard InChI is InChI=1S/C22H22ClNO6/c1-3-29-21(27)17(10-13-7-5-4-6-8-13)24-20(26)15-11-16(23)14-9-12(2)30-22(28)18(14)19(15)25/h4-8,11-12,17,25H,3,9-10H2,1-2H3,(H,24,26)/t12-,17-/m1/s1/i4D,5D,6D,7D,8D. The molecule has 0 saturated carbocycles. The minimum Gasteiger partial charge on any atom is -0.506 e. The van der Waals surface area contributed by atoms with Crippen molar-refractivity contribution < 1.29 is 35.8 Å². The molecule has 2 N–H and O–H groups in total. The van der Waals surface area contributed by atoms with Crippen LogP contribution in [0.25, 0.3) is 0 Å². The van der Waals surface area contributed by atoms with E-state index in [0.29, 0.717) is 5.56 Å². The van der Waals surface area contributed by atoms with E-state index in [1.54, 1.807) is 6.92 Å². The Kier molecular flexibility index (Phi) is 4.81. The minimum atomic E-state index is -1.48. The lowest BCUT2D eigenvalue weighted by molar-refractivity contribution is -0.145. The van der Waals surface area contributed by atoms with Gasteiger partial charge in [0, 0.05) is 17.9 Å². The average molecular weight is 437 g/mol. The number of carbonyl (C=O) groups excluding carboxylic acids is 3. The van der Waals surface area contributed by atoms with Gasteiger partial charge >= 0.3 is 11.9 Å². The number of phenols is 1. The number of benzene rings is 2. The number of carbonyl (C=O) groups is 3. The van der Waals surface area contributed by atoms with Gasteiger partial charge in [0.1, 0.15) is 23.5 Å². The zero-order chi connectivity index (χ0) is 26.2. The summed E-state index contributed by atoms with van der Waals surface area (Å²) in [4.78, 5) is 38.0. The number of nitrogens with one attached hydrogen (secondary N) is 1. The number of hydrogen-bond donors (Lipinski definition) is 2. The second-order valence-corrected chi connectivity index (χ2v) is 7.02. The summed E-state index contributed by atoms with van der Waals surface area (Å²) in [6.45, 7) is 3.13. The molecule has 2 atom stereocenters. The molecule has 7 nitrogen and oxygen atoms in total. The topological polar surface area (TPSA) is 102 Å². The molecular formula is C22H22ClNO6. The third-order valence-electron chi connectivity index (χ3n) is 4.44. The quantitative estimate of drug-likeness (QED) is 0.675. The van der Waals surface area contributed by atoms with Gasteiger partial charge in [0.15, 0.2) is 0 Å². The first-order valence-corrected chi connectivity index (χ1v) is 9.55. The molecule has 2 aromatic rings. The molecular weight excluding hydrogens is 410 g/mol. The molecule has 3 rings (SSSR count). The number of ether oxygens (including phenoxy) is 2. The third-order valence-corrected chi connectivity index (χ3v) is 4.78. The zero-order valence-electron chi connectivity index (χ0n) is 21.2. The largest absolute Gasteiger partial charge is 0.506 e. The molecule has 2 aromatic carbocycles. The highest BCUT2D eigenvalue weighted by atomic mass is 35.5. The Hall–Kier alpha value is -3.06. The van der Waals surface area contributed by atoms with Gasteiger partial charge in [-0.05, 0) is 31.0 Å². The van der Waals surface area contributed by atoms with Crippen molar-refractivity contribution >= 4 is 29.4 Å². The Balaban J connectivity index is 2.00. The third kappa shape index (κ3) is 4.57. The summed E-state index contributed by atoms with van der Waals surface area (Å²) in [5, 5.41) is 13.1. The smallest absolute Gasteiger partial charge is 0.342 e. The fraction of sp³-hybridized carbons (Fsp3) is 0.318. The van der Waals surface area contributed by atoms with Crippen LogP contribution < -0.4 is 5.32 Å². The first kappa shape index (κ1) is 15.7. The number of amides is 1. The molecule has 158 valence electrons. The Labute approximate surface area is 186 Å². The molecule has 8 heteroatoms. The lowest BCUT2D eigenvalue weighted by atomic mass is 9.95. The number of aromatic hydroxyl groups is 1. The molecule has 1 heterocycles. The van der Waals surface area contributed by atoms with Crippen LogP contribution in [0.1, 0.15) is 52.5 Å². The highest BCUT2D eigenvalue weighted by Crippen LogP contribution is 2.36. The van der Waals surface area contributed by atoms with Crippen molar-refractivity contribution in [2.75, 3.05) is 6.61 Å². The van der Waals surface area contributed by atoms with Crippen LogP contribution in [0.4, 0.5) is 0 Å². The van der Waals surface area contributed by atoms with Crippen molar-refractivity contribution in [2.24, 2.45) is 0 Å². The molecule has 0 saturated heterocycles. The monoisotopic (exact) mass is 436 g/mol. The van der Waals surface area contributed by atoms with Crippen LogP contribution in [0.2, 0.25) is 5.02 Å². The second-order valence-electron chi connectivity index (χ2n) is 6.61. The summed E-state index contributed by atoms with van der Waals surface area (Å²) in [6, 6.07) is -3.18. The maximum absolute atomic E-state index is 13.1. The summed E-state index contributed by atoms with van der Waals surface area (Å²) in [5.41, 5.74) is -0.542. The molecule has 0 fully saturated rings. The summed E-state index contributed by atoms with van der Waals surface area (Å²) >= 11 is 6.26. The SMILES string of the molecule is [2H]c1c([2H])c([2H])c(C[C@@H](NC(=O)c2cc(Cl)c3c(c2O)C(=O)O[C@H](C)C3)C(=O)OCC)c([2H])c1[2H]. The van der Waals surface area contributed by atoms with Crippen molar-refractivity contribution in [2.45, 2.75) is 38.8 Å². The van der Waals surface area contributed by atoms with Crippen LogP contribution in [0.5, 0.6) is 5.75 Å². The molecule has 1 aliphatic rings. The number of rotatable bonds is 6. The number of cyclic esters (lactones) is 1. The lowest BCUT2D eigenvalue weighted by Gasteiger charge is -2.24. The van der Waals surface area contributed by atoms with E-state index in [9.17, 15) is 19.5 Å². The van der Waals surface area contributed by atoms with E-state index in [4.69, 9.17) is 27.9 Å². The molecule has 0 aromatic heterocycles. The molecule has 0 radical (unpaired) electrons. The van der Waals surface area contributed by atoms with E-state index < -0.39 is 77.9 Å². The highest BCUT2D eigenvalue weighted by molar-refractivity contribution is 6.32. The van der Waals surface area contributed by atoms with Gasteiger partial charge in [-0.15, -0.1) is 0 Å². The minimum absolute atomic E-state index is 0.0461. The first-order valence-electron chi connectivity index (χ1n) is 11.7. The Bertz CT molecular complexity index is 1210. The summed E-state index contributed by atoms with van der Waals surface area (Å²) in [5.74, 6) is -3.45. The van der Waals surface area contributed by atoms with Gasteiger partial charge in [0.2, 0.25) is 0 Å². The van der Waals surface area contributed by atoms with E-state index in [2.05, 4.69) is 5.32 Å². The summed E-state index contributed by atoms with van der Waals surface area (Å²) < 4.78 is 49.6. The fourth-order valence-electron chi connectivity index (χ4n) is 3.10. The summed E-state index contributed by atoms with van der Waals surface area (Å²) in [6.07, 6.45) is -0.730. The lowest BCUT2D eigenvalue weighted by Crippen LogP contribution is -2.43. The average Bonchev–Trinajstić information content (AvgIpc) is 2.80. The van der Waals surface area contributed by atoms with Crippen LogP contribution in [0.15, 0.2) is 36.3 Å². The normalized spacial score (nSPS) is 18.6. The van der Waals surface area contributed by atoms with Crippen LogP contribution in [0, 0.1) is 0 Å². The number of phenolic OH excluding ortho intramolecular Hbond substituents is 1. The second kappa shape index (κ2) is 9.17. The highest BCUT2D eigenvalue weighted by Gasteiger charge is 2.33. The molecule has 30 heavy (non-hydrogen) atoms. The van der Waals surface area contributed by atoms with Gasteiger partial charge in [0.05, 0.1) is 19.0 Å². The van der Waals surface area contributed by atoms with Crippen LogP contribution >= 0.6 is 11.6 Å². The molecule has 1 amide bonds. The predicted octanol–water partition coefficient (Wildman–Crippen LogP) is 3.05. The Morgan fingerprint density at radius 2 is 2.10 bits per heavy atom. The maximum atomic E-state index is 13.1. The predicted molar refractivity (Wildman–Crippen MR) is 110 cm³/mol. The van der Waals surface area contributed by atoms with Crippen molar-refractivity contribution in [3.05, 3.63) is 63.6 Å². The van der Waals surface area contributed by atoms with Crippen LogP contribution in [-0.2, 0) is 27.1 Å². The van der Waals surface area contributed by atoms with Gasteiger partial charge < -0.3 is 19.9 Å². The van der Waals surface area contributed by atoms with E-state index in [1.807, 2.05) is 0 Å². The molecule has 0 bridgehead atoms. The van der Waals surface area contributed by atoms with Gasteiger partial charge in [-0.1, -0.05) is 41.8 Å². The number of halogens is 1. The summed E-state index contributed by atoms with van der Waals surface area (Å²) in [7, 11) is 0. The van der Waals surface area contributed by atoms with E-state index in [1.165, 1.54) is 6.92 Å². The number of esters is 2. The molecule has 0 spiro atoms. The van der Waals surface area contributed by atoms with E-state index in [-0.39, 0.29) is 29.2 Å². The van der Waals surface area contributed by atoms with Crippen LogP contribution in [-0.4, -0.2) is 41.7 Å². The van der Waals surface area contributed by atoms with E-state index in [0.717, 1.165) is 6.07 Å². The van der Waals surface area contributed by atoms with Gasteiger partial charge in [-0.25, -0.2) is 9.59 Å². The van der Waals surface area contributed by atoms with Crippen molar-refractivity contribution in [3.63, 3.8) is 0 Å². The molecule has 0 aliphatic carbocycles. The fourth-order valence-corrected chi connectivity index (χ4v) is 3.38. The first-order chi connectivity index (χ1) is 16.4. The van der Waals surface area contributed by atoms with E-state index >= 15 is 0 Å². The molecule has 0 unspecified atom stereocenters. The zero-order valence-corrected chi connectivity index (χ0v) is 17.0. The molecule has 1 aliphatic heterocycles. The van der Waals surface area contributed by atoms with Crippen LogP contribution in [0.3, 0.4) is 0 Å². The number of hydrogen-bond acceptors (Lipinski definition) is 6. The van der Waals surface area contributed by atoms with Gasteiger partial charge in [0.25, 0.3) is 5.91 Å². The van der Waals surface area contributed by atoms with Crippen molar-refractivity contribution in [1.82, 2.24) is 5.32 Å². The van der Waals surface area contributed by atoms with Crippen molar-refractivity contribution in [3.8, 4) is 5.75 Å². The number of fused-ring (bicyclic) bond motifs is 1. The Morgan fingerprint density at radius 1 is 1.40 bits per heavy atom. The van der Waals surface area contributed by atoms with Crippen molar-refractivity contribution in [1.29, 1.82) is 0 Å².